The van der Waals surface area contributed by atoms with E-state index < -0.39 is 83.0 Å². The third-order valence-electron chi connectivity index (χ3n) is 8.48. The summed E-state index contributed by atoms with van der Waals surface area (Å²) in [6, 6.07) is 0. The Morgan fingerprint density at radius 1 is 1.00 bits per heavy atom. The van der Waals surface area contributed by atoms with Crippen LogP contribution < -0.4 is 0 Å². The summed E-state index contributed by atoms with van der Waals surface area (Å²) in [5.41, 5.74) is -3.78. The molecular weight excluding hydrogens is 488 g/mol. The molecule has 0 bridgehead atoms. The number of fused-ring (bicyclic) bond motifs is 1. The van der Waals surface area contributed by atoms with Crippen molar-refractivity contribution in [2.24, 2.45) is 11.3 Å². The fourth-order valence-electron chi connectivity index (χ4n) is 6.51. The Bertz CT molecular complexity index is 1080. The van der Waals surface area contributed by atoms with Crippen LogP contribution in [-0.2, 0) is 42.9 Å². The van der Waals surface area contributed by atoms with Crippen LogP contribution in [0.5, 0.6) is 0 Å². The molecule has 3 fully saturated rings. The number of ether oxygens (including phenoxy) is 5. The van der Waals surface area contributed by atoms with Gasteiger partial charge in [0.1, 0.15) is 18.3 Å². The van der Waals surface area contributed by atoms with Gasteiger partial charge in [-0.05, 0) is 31.1 Å². The number of aliphatic hydroxyl groups excluding tert-OH is 2. The molecule has 4 rings (SSSR count). The Hall–Kier alpha value is -2.76. The zero-order chi connectivity index (χ0) is 27.7. The smallest absolute Gasteiger partial charge is 0.342 e. The van der Waals surface area contributed by atoms with E-state index in [1.165, 1.54) is 27.7 Å². The lowest BCUT2D eigenvalue weighted by molar-refractivity contribution is -0.203. The standard InChI is InChI=1S/C26H34O11/c1-11-8-20-26(25(7,37-26)23(32)36-20)22(31)21-12(2)16(30)9-18(34-14(4)28)24(21,6)19(35-15(5)29)10-17(11)33-13(3)27/h8,16-22,30-31H,2,9-10H2,1,3-7H3/b11-8+/t16-,17+,18-,19-,20-,21+,22-,24+,25?,26-/m0/s1. The number of hydrogen-bond donors (Lipinski definition) is 2. The highest BCUT2D eigenvalue weighted by atomic mass is 16.7. The van der Waals surface area contributed by atoms with E-state index in [2.05, 4.69) is 6.58 Å². The maximum absolute atomic E-state index is 12.8. The average Bonchev–Trinajstić information content (AvgIpc) is 3.36. The third kappa shape index (κ3) is 3.98. The van der Waals surface area contributed by atoms with Gasteiger partial charge in [-0.3, -0.25) is 14.4 Å². The average molecular weight is 523 g/mol. The van der Waals surface area contributed by atoms with Gasteiger partial charge < -0.3 is 33.9 Å². The zero-order valence-corrected chi connectivity index (χ0v) is 21.8. The van der Waals surface area contributed by atoms with E-state index in [-0.39, 0.29) is 18.4 Å². The molecule has 2 N–H and O–H groups in total. The second-order valence-corrected chi connectivity index (χ2v) is 10.8. The molecule has 0 radical (unpaired) electrons. The Morgan fingerprint density at radius 3 is 2.05 bits per heavy atom. The Kier molecular flexibility index (Phi) is 6.58. The van der Waals surface area contributed by atoms with Crippen molar-refractivity contribution in [1.82, 2.24) is 0 Å². The third-order valence-corrected chi connectivity index (χ3v) is 8.48. The topological polar surface area (TPSA) is 158 Å². The first-order valence-electron chi connectivity index (χ1n) is 12.3. The van der Waals surface area contributed by atoms with Crippen LogP contribution in [0.3, 0.4) is 0 Å². The lowest BCUT2D eigenvalue weighted by Crippen LogP contribution is -2.64. The van der Waals surface area contributed by atoms with E-state index >= 15 is 0 Å². The Morgan fingerprint density at radius 2 is 1.54 bits per heavy atom. The van der Waals surface area contributed by atoms with Crippen LogP contribution in [0.1, 0.15) is 54.4 Å². The van der Waals surface area contributed by atoms with Crippen molar-refractivity contribution in [3.05, 3.63) is 23.8 Å². The summed E-state index contributed by atoms with van der Waals surface area (Å²) in [7, 11) is 0. The molecule has 1 saturated carbocycles. The molecule has 1 spiro atoms. The van der Waals surface area contributed by atoms with Gasteiger partial charge in [-0.15, -0.1) is 0 Å². The van der Waals surface area contributed by atoms with Gasteiger partial charge in [0.2, 0.25) is 0 Å². The predicted octanol–water partition coefficient (Wildman–Crippen LogP) is 0.889. The molecule has 11 nitrogen and oxygen atoms in total. The van der Waals surface area contributed by atoms with Crippen LogP contribution in [0.15, 0.2) is 23.8 Å². The van der Waals surface area contributed by atoms with Gasteiger partial charge >= 0.3 is 23.9 Å². The Balaban J connectivity index is 1.98. The molecule has 204 valence electrons. The minimum atomic E-state index is -1.57. The van der Waals surface area contributed by atoms with Gasteiger partial charge in [-0.1, -0.05) is 13.5 Å². The van der Waals surface area contributed by atoms with Gasteiger partial charge in [-0.2, -0.15) is 0 Å². The van der Waals surface area contributed by atoms with Crippen LogP contribution in [0.25, 0.3) is 0 Å². The highest BCUT2D eigenvalue weighted by Crippen LogP contribution is 2.64. The first kappa shape index (κ1) is 27.3. The minimum Gasteiger partial charge on any atom is -0.462 e. The van der Waals surface area contributed by atoms with Crippen molar-refractivity contribution < 1.29 is 53.1 Å². The fourth-order valence-corrected chi connectivity index (χ4v) is 6.51. The number of rotatable bonds is 3. The summed E-state index contributed by atoms with van der Waals surface area (Å²) >= 11 is 0. The summed E-state index contributed by atoms with van der Waals surface area (Å²) in [4.78, 5) is 49.3. The molecule has 1 unspecified atom stereocenters. The second kappa shape index (κ2) is 8.92. The van der Waals surface area contributed by atoms with E-state index in [1.54, 1.807) is 19.9 Å². The van der Waals surface area contributed by atoms with E-state index in [1.807, 2.05) is 0 Å². The number of carbonyl (C=O) groups excluding carboxylic acids is 4. The van der Waals surface area contributed by atoms with Crippen molar-refractivity contribution in [3.8, 4) is 0 Å². The molecule has 2 heterocycles. The lowest BCUT2D eigenvalue weighted by Gasteiger charge is -2.54. The van der Waals surface area contributed by atoms with Crippen molar-refractivity contribution in [3.63, 3.8) is 0 Å². The number of esters is 4. The largest absolute Gasteiger partial charge is 0.462 e. The van der Waals surface area contributed by atoms with E-state index in [0.29, 0.717) is 5.57 Å². The van der Waals surface area contributed by atoms with Crippen molar-refractivity contribution >= 4 is 23.9 Å². The highest BCUT2D eigenvalue weighted by Gasteiger charge is 2.86. The molecule has 11 heteroatoms. The van der Waals surface area contributed by atoms with Crippen LogP contribution in [0.4, 0.5) is 0 Å². The van der Waals surface area contributed by atoms with E-state index in [9.17, 15) is 29.4 Å². The molecule has 0 aromatic carbocycles. The molecule has 2 aliphatic heterocycles. The van der Waals surface area contributed by atoms with Crippen molar-refractivity contribution in [2.45, 2.75) is 102 Å². The molecule has 2 saturated heterocycles. The molecule has 0 aromatic rings. The van der Waals surface area contributed by atoms with Crippen LogP contribution >= 0.6 is 0 Å². The van der Waals surface area contributed by atoms with Gasteiger partial charge in [0.05, 0.1) is 17.6 Å². The number of carbonyl (C=O) groups is 4. The monoisotopic (exact) mass is 522 g/mol. The Labute approximate surface area is 214 Å². The second-order valence-electron chi connectivity index (χ2n) is 10.8. The fraction of sp³-hybridized carbons (Fsp3) is 0.692. The summed E-state index contributed by atoms with van der Waals surface area (Å²) in [5.74, 6) is -3.66. The van der Waals surface area contributed by atoms with E-state index in [4.69, 9.17) is 23.7 Å². The number of epoxide rings is 1. The van der Waals surface area contributed by atoms with Gasteiger partial charge in [-0.25, -0.2) is 4.79 Å². The summed E-state index contributed by atoms with van der Waals surface area (Å²) < 4.78 is 28.6. The van der Waals surface area contributed by atoms with E-state index in [0.717, 1.165) is 0 Å². The summed E-state index contributed by atoms with van der Waals surface area (Å²) in [5, 5.41) is 22.9. The summed E-state index contributed by atoms with van der Waals surface area (Å²) in [6.45, 7) is 12.5. The quantitative estimate of drug-likeness (QED) is 0.235. The molecule has 37 heavy (non-hydrogen) atoms. The van der Waals surface area contributed by atoms with Crippen molar-refractivity contribution in [2.75, 3.05) is 0 Å². The first-order chi connectivity index (χ1) is 17.1. The highest BCUT2D eigenvalue weighted by molar-refractivity contribution is 5.89. The van der Waals surface area contributed by atoms with Gasteiger partial charge in [0.25, 0.3) is 0 Å². The SMILES string of the molecule is C=C1[C@@H]2[C@H](O)[C@]34OC3(C)C(=O)O[C@H]4/C=C(\C)[C@H](OC(C)=O)C[C@H](OC(C)=O)[C@@]2(C)[C@@H](OC(C)=O)C[C@@H]1O. The molecule has 4 aliphatic rings. The maximum atomic E-state index is 12.8. The zero-order valence-electron chi connectivity index (χ0n) is 21.8. The number of aliphatic hydroxyl groups is 2. The minimum absolute atomic E-state index is 0.0614. The molecule has 0 aromatic heterocycles. The van der Waals surface area contributed by atoms with Crippen LogP contribution in [0, 0.1) is 11.3 Å². The molecule has 10 atom stereocenters. The van der Waals surface area contributed by atoms with Crippen molar-refractivity contribution in [1.29, 1.82) is 0 Å². The predicted molar refractivity (Wildman–Crippen MR) is 125 cm³/mol. The van der Waals surface area contributed by atoms with Crippen LogP contribution in [-0.4, -0.2) is 81.9 Å². The maximum Gasteiger partial charge on any atom is 0.342 e. The normalized spacial score (nSPS) is 46.2. The lowest BCUT2D eigenvalue weighted by atomic mass is 9.55. The molecule has 0 amide bonds. The van der Waals surface area contributed by atoms with Crippen LogP contribution in [0.2, 0.25) is 0 Å². The number of hydrogen-bond acceptors (Lipinski definition) is 11. The van der Waals surface area contributed by atoms with Gasteiger partial charge in [0.15, 0.2) is 17.3 Å². The molecule has 2 aliphatic carbocycles. The molecular formula is C26H34O11. The van der Waals surface area contributed by atoms with Gasteiger partial charge in [0, 0.05) is 39.5 Å². The first-order valence-corrected chi connectivity index (χ1v) is 12.3. The summed E-state index contributed by atoms with van der Waals surface area (Å²) in [6.07, 6.45) is -5.35.